The van der Waals surface area contributed by atoms with Crippen LogP contribution in [-0.4, -0.2) is 64.1 Å². The number of amidine groups is 1. The molecular formula is C11H14ClN6OPb. The molecule has 3 radical (unpaired) electrons. The summed E-state index contributed by atoms with van der Waals surface area (Å²) in [7, 11) is 0. The SMILES string of the molecule is C[C]([Pb])=Nc1cnc(/C(=N/N)N(N)C2COC2)c(Cl)c1. The van der Waals surface area contributed by atoms with Crippen LogP contribution in [0.1, 0.15) is 12.6 Å². The Hall–Kier alpha value is -0.778. The molecular weight excluding hydrogens is 475 g/mol. The second-order valence-corrected chi connectivity index (χ2v) is 7.49. The molecule has 0 aliphatic carbocycles. The average molecular weight is 489 g/mol. The Labute approximate surface area is 137 Å². The second-order valence-electron chi connectivity index (χ2n) is 4.27. The van der Waals surface area contributed by atoms with E-state index in [1.54, 1.807) is 12.3 Å². The van der Waals surface area contributed by atoms with Gasteiger partial charge in [-0.1, -0.05) is 0 Å². The molecule has 1 saturated heterocycles. The number of nitrogens with two attached hydrogens (primary N) is 2. The van der Waals surface area contributed by atoms with Gasteiger partial charge in [0.1, 0.15) is 0 Å². The van der Waals surface area contributed by atoms with E-state index in [-0.39, 0.29) is 6.04 Å². The monoisotopic (exact) mass is 489 g/mol. The van der Waals surface area contributed by atoms with Crippen molar-refractivity contribution in [2.24, 2.45) is 21.8 Å². The van der Waals surface area contributed by atoms with Crippen LogP contribution in [0.2, 0.25) is 5.02 Å². The molecule has 1 aliphatic rings. The Kier molecular flexibility index (Phi) is 5.30. The summed E-state index contributed by atoms with van der Waals surface area (Å²) in [5.41, 5.74) is 1.15. The first-order valence-electron chi connectivity index (χ1n) is 5.85. The van der Waals surface area contributed by atoms with E-state index in [0.29, 0.717) is 35.5 Å². The summed E-state index contributed by atoms with van der Waals surface area (Å²) in [5, 5.41) is 5.55. The van der Waals surface area contributed by atoms with Crippen molar-refractivity contribution in [1.82, 2.24) is 9.99 Å². The van der Waals surface area contributed by atoms with Gasteiger partial charge >= 0.3 is 138 Å². The average Bonchev–Trinajstić information content (AvgIpc) is 2.29. The molecule has 2 heterocycles. The standard InChI is InChI=1S/C11H14ClN6O.Pb/c1-2-15-7-3-9(12)10(16-4-7)11(17-13)18(14)8-5-19-6-8;/h3-4,8H,5-6,13-14H2,1H3;/b15-2?,17-11-;. The van der Waals surface area contributed by atoms with Crippen LogP contribution in [0.3, 0.4) is 0 Å². The summed E-state index contributed by atoms with van der Waals surface area (Å²) in [6.07, 6.45) is 1.62. The number of aliphatic imine (C=N–C) groups is 1. The number of halogens is 1. The van der Waals surface area contributed by atoms with Gasteiger partial charge in [-0.2, -0.15) is 0 Å². The van der Waals surface area contributed by atoms with Crippen molar-refractivity contribution >= 4 is 52.2 Å². The zero-order chi connectivity index (χ0) is 14.7. The van der Waals surface area contributed by atoms with Gasteiger partial charge < -0.3 is 0 Å². The van der Waals surface area contributed by atoms with Crippen LogP contribution in [0.4, 0.5) is 5.69 Å². The minimum atomic E-state index is 0.0387. The summed E-state index contributed by atoms with van der Waals surface area (Å²) in [4.78, 5) is 8.62. The first-order chi connectivity index (χ1) is 9.52. The van der Waals surface area contributed by atoms with Gasteiger partial charge in [-0.15, -0.1) is 0 Å². The normalized spacial score (nSPS) is 17.0. The second kappa shape index (κ2) is 6.79. The van der Waals surface area contributed by atoms with Gasteiger partial charge in [0.2, 0.25) is 0 Å². The van der Waals surface area contributed by atoms with E-state index < -0.39 is 0 Å². The predicted octanol–water partition coefficient (Wildman–Crippen LogP) is 0.148. The molecule has 9 heteroatoms. The fourth-order valence-corrected chi connectivity index (χ4v) is 2.40. The van der Waals surface area contributed by atoms with Crippen LogP contribution in [-0.2, 0) is 4.74 Å². The number of ether oxygens (including phenoxy) is 1. The van der Waals surface area contributed by atoms with Crippen molar-refractivity contribution < 1.29 is 4.74 Å². The van der Waals surface area contributed by atoms with Crippen LogP contribution >= 0.6 is 11.6 Å². The Bertz CT molecular complexity index is 556. The van der Waals surface area contributed by atoms with Crippen molar-refractivity contribution in [1.29, 1.82) is 0 Å². The Morgan fingerprint density at radius 1 is 1.60 bits per heavy atom. The molecule has 0 aromatic carbocycles. The summed E-state index contributed by atoms with van der Waals surface area (Å²) in [5.74, 6) is 11.7. The van der Waals surface area contributed by atoms with Gasteiger partial charge in [0.15, 0.2) is 0 Å². The van der Waals surface area contributed by atoms with Crippen LogP contribution in [0.5, 0.6) is 0 Å². The van der Waals surface area contributed by atoms with Gasteiger partial charge in [0.25, 0.3) is 0 Å². The number of hydrazine groups is 1. The molecule has 1 aliphatic heterocycles. The van der Waals surface area contributed by atoms with Crippen molar-refractivity contribution in [2.45, 2.75) is 13.0 Å². The number of hydrogen-bond acceptors (Lipinski definition) is 6. The van der Waals surface area contributed by atoms with E-state index in [1.165, 1.54) is 5.01 Å². The molecule has 0 amide bonds. The third-order valence-electron chi connectivity index (χ3n) is 2.72. The first kappa shape index (κ1) is 15.6. The molecule has 4 N–H and O–H groups in total. The fraction of sp³-hybridized carbons (Fsp3) is 0.364. The zero-order valence-electron chi connectivity index (χ0n) is 10.9. The molecule has 1 fully saturated rings. The summed E-state index contributed by atoms with van der Waals surface area (Å²) in [6, 6.07) is 1.76. The Morgan fingerprint density at radius 2 is 2.30 bits per heavy atom. The quantitative estimate of drug-likeness (QED) is 0.207. The van der Waals surface area contributed by atoms with Crippen molar-refractivity contribution in [3.8, 4) is 0 Å². The molecule has 0 unspecified atom stereocenters. The maximum atomic E-state index is 6.23. The molecule has 20 heavy (non-hydrogen) atoms. The van der Waals surface area contributed by atoms with Crippen LogP contribution < -0.4 is 11.7 Å². The van der Waals surface area contributed by atoms with Crippen LogP contribution in [0, 0.1) is 0 Å². The Balaban J connectivity index is 2.28. The van der Waals surface area contributed by atoms with Crippen molar-refractivity contribution in [3.05, 3.63) is 23.0 Å². The van der Waals surface area contributed by atoms with E-state index in [1.807, 2.05) is 6.92 Å². The van der Waals surface area contributed by atoms with Gasteiger partial charge in [0, 0.05) is 0 Å². The predicted molar refractivity (Wildman–Crippen MR) is 79.1 cm³/mol. The van der Waals surface area contributed by atoms with Crippen molar-refractivity contribution in [3.63, 3.8) is 0 Å². The number of aromatic nitrogens is 1. The van der Waals surface area contributed by atoms with E-state index in [2.05, 4.69) is 15.1 Å². The summed E-state index contributed by atoms with van der Waals surface area (Å²) in [6.45, 7) is 3.03. The third-order valence-corrected chi connectivity index (χ3v) is 3.44. The zero-order valence-corrected chi connectivity index (χ0v) is 15.5. The number of nitrogens with zero attached hydrogens (tertiary/aromatic N) is 4. The van der Waals surface area contributed by atoms with E-state index in [9.17, 15) is 0 Å². The van der Waals surface area contributed by atoms with Gasteiger partial charge in [-0.25, -0.2) is 0 Å². The number of hydrazone groups is 1. The summed E-state index contributed by atoms with van der Waals surface area (Å²) >= 11 is 7.12. The molecule has 1 aromatic rings. The van der Waals surface area contributed by atoms with E-state index in [0.717, 1.165) is 29.0 Å². The molecule has 0 spiro atoms. The molecule has 2 rings (SSSR count). The van der Waals surface area contributed by atoms with Crippen LogP contribution in [0.15, 0.2) is 22.4 Å². The van der Waals surface area contributed by atoms with Gasteiger partial charge in [-0.3, -0.25) is 0 Å². The topological polar surface area (TPSA) is 102 Å². The molecule has 1 aromatic heterocycles. The van der Waals surface area contributed by atoms with Gasteiger partial charge in [0.05, 0.1) is 0 Å². The molecule has 7 nitrogen and oxygen atoms in total. The third kappa shape index (κ3) is 3.45. The van der Waals surface area contributed by atoms with Crippen molar-refractivity contribution in [2.75, 3.05) is 13.2 Å². The van der Waals surface area contributed by atoms with E-state index in [4.69, 9.17) is 28.0 Å². The van der Waals surface area contributed by atoms with Gasteiger partial charge in [-0.05, 0) is 0 Å². The number of rotatable bonds is 3. The van der Waals surface area contributed by atoms with E-state index >= 15 is 0 Å². The number of hydrogen-bond donors (Lipinski definition) is 2. The van der Waals surface area contributed by atoms with Crippen LogP contribution in [0.25, 0.3) is 0 Å². The summed E-state index contributed by atoms with van der Waals surface area (Å²) < 4.78 is 6.15. The molecule has 0 bridgehead atoms. The maximum absolute atomic E-state index is 6.23. The molecule has 0 saturated carbocycles. The minimum absolute atomic E-state index is 0.0387. The Morgan fingerprint density at radius 3 is 2.75 bits per heavy atom. The first-order valence-corrected chi connectivity index (χ1v) is 8.17. The number of pyridine rings is 1. The molecule has 105 valence electrons. The fourth-order valence-electron chi connectivity index (χ4n) is 1.65. The molecule has 0 atom stereocenters.